The maximum atomic E-state index is 6.23. The number of nitrogens with zero attached hydrogens (tertiary/aromatic N) is 4. The van der Waals surface area contributed by atoms with E-state index in [0.29, 0.717) is 21.6 Å². The van der Waals surface area contributed by atoms with Gasteiger partial charge < -0.3 is 10.1 Å². The summed E-state index contributed by atoms with van der Waals surface area (Å²) in [6, 6.07) is 11.0. The van der Waals surface area contributed by atoms with Crippen molar-refractivity contribution in [2.24, 2.45) is 7.05 Å². The van der Waals surface area contributed by atoms with Crippen LogP contribution in [0.15, 0.2) is 41.6 Å². The second kappa shape index (κ2) is 11.0. The molecule has 0 radical (unpaired) electrons. The lowest BCUT2D eigenvalue weighted by Gasteiger charge is -2.14. The van der Waals surface area contributed by atoms with E-state index in [2.05, 4.69) is 20.8 Å². The fourth-order valence-electron chi connectivity index (χ4n) is 2.57. The minimum absolute atomic E-state index is 0.287. The smallest absolute Gasteiger partial charge is 0.209 e. The van der Waals surface area contributed by atoms with Crippen molar-refractivity contribution in [2.45, 2.75) is 24.7 Å². The molecule has 6 nitrogen and oxygen atoms in total. The van der Waals surface area contributed by atoms with E-state index in [1.807, 2.05) is 25.2 Å². The summed E-state index contributed by atoms with van der Waals surface area (Å²) in [6.45, 7) is 1.78. The SMILES string of the molecule is Cn1nnnc1SCCCNCc1cc(Cl)ccc1OCc1c(Cl)cccc1Cl. The highest BCUT2D eigenvalue weighted by atomic mass is 35.5. The minimum atomic E-state index is 0.287. The van der Waals surface area contributed by atoms with Crippen LogP contribution in [-0.4, -0.2) is 32.5 Å². The lowest BCUT2D eigenvalue weighted by molar-refractivity contribution is 0.302. The first-order chi connectivity index (χ1) is 14.0. The highest BCUT2D eigenvalue weighted by Gasteiger charge is 2.10. The molecule has 0 amide bonds. The summed E-state index contributed by atoms with van der Waals surface area (Å²) in [5.74, 6) is 1.67. The number of ether oxygens (including phenoxy) is 1. The zero-order valence-corrected chi connectivity index (χ0v) is 18.8. The van der Waals surface area contributed by atoms with E-state index in [1.54, 1.807) is 34.6 Å². The Labute approximate surface area is 188 Å². The summed E-state index contributed by atoms with van der Waals surface area (Å²) < 4.78 is 7.65. The molecule has 0 spiro atoms. The maximum absolute atomic E-state index is 6.23. The molecule has 10 heteroatoms. The molecule has 3 aromatic rings. The number of aromatic nitrogens is 4. The van der Waals surface area contributed by atoms with Gasteiger partial charge in [0.1, 0.15) is 12.4 Å². The number of nitrogens with one attached hydrogen (secondary N) is 1. The van der Waals surface area contributed by atoms with Crippen LogP contribution >= 0.6 is 46.6 Å². The van der Waals surface area contributed by atoms with E-state index in [-0.39, 0.29) is 6.61 Å². The van der Waals surface area contributed by atoms with Crippen LogP contribution in [0.5, 0.6) is 5.75 Å². The van der Waals surface area contributed by atoms with Gasteiger partial charge >= 0.3 is 0 Å². The van der Waals surface area contributed by atoms with Crippen molar-refractivity contribution in [3.63, 3.8) is 0 Å². The lowest BCUT2D eigenvalue weighted by atomic mass is 10.2. The maximum Gasteiger partial charge on any atom is 0.209 e. The molecule has 2 aromatic carbocycles. The molecule has 0 saturated carbocycles. The standard InChI is InChI=1S/C19H20Cl3N5OS/c1-27-19(24-25-26-27)29-9-3-8-23-11-13-10-14(20)6-7-18(13)28-12-15-16(21)4-2-5-17(15)22/h2,4-7,10,23H,3,8-9,11-12H2,1H3. The van der Waals surface area contributed by atoms with Crippen molar-refractivity contribution in [3.05, 3.63) is 62.6 Å². The van der Waals surface area contributed by atoms with E-state index in [1.165, 1.54) is 0 Å². The molecule has 154 valence electrons. The van der Waals surface area contributed by atoms with Crippen LogP contribution < -0.4 is 10.1 Å². The number of halogens is 3. The summed E-state index contributed by atoms with van der Waals surface area (Å²) in [5, 5.41) is 17.5. The van der Waals surface area contributed by atoms with E-state index < -0.39 is 0 Å². The van der Waals surface area contributed by atoms with E-state index in [4.69, 9.17) is 39.5 Å². The van der Waals surface area contributed by atoms with Crippen LogP contribution in [0, 0.1) is 0 Å². The van der Waals surface area contributed by atoms with Crippen LogP contribution in [0.1, 0.15) is 17.5 Å². The van der Waals surface area contributed by atoms with Crippen molar-refractivity contribution in [2.75, 3.05) is 12.3 Å². The molecule has 1 N–H and O–H groups in total. The fourth-order valence-corrected chi connectivity index (χ4v) is 4.06. The molecule has 0 aliphatic rings. The predicted octanol–water partition coefficient (Wildman–Crippen LogP) is 5.02. The molecule has 0 unspecified atom stereocenters. The second-order valence-electron chi connectivity index (χ2n) is 6.20. The molecule has 0 atom stereocenters. The normalized spacial score (nSPS) is 11.0. The van der Waals surface area contributed by atoms with Gasteiger partial charge in [-0.05, 0) is 53.7 Å². The Morgan fingerprint density at radius 2 is 1.93 bits per heavy atom. The van der Waals surface area contributed by atoms with Gasteiger partial charge in [-0.3, -0.25) is 0 Å². The average molecular weight is 473 g/mol. The Morgan fingerprint density at radius 3 is 2.66 bits per heavy atom. The number of thioether (sulfide) groups is 1. The van der Waals surface area contributed by atoms with Crippen LogP contribution in [-0.2, 0) is 20.2 Å². The van der Waals surface area contributed by atoms with Gasteiger partial charge in [-0.25, -0.2) is 4.68 Å². The monoisotopic (exact) mass is 471 g/mol. The molecule has 0 bridgehead atoms. The third-order valence-corrected chi connectivity index (χ3v) is 6.12. The average Bonchev–Trinajstić information content (AvgIpc) is 3.10. The van der Waals surface area contributed by atoms with Crippen molar-refractivity contribution in [1.29, 1.82) is 0 Å². The van der Waals surface area contributed by atoms with Crippen molar-refractivity contribution >= 4 is 46.6 Å². The van der Waals surface area contributed by atoms with Crippen molar-refractivity contribution in [3.8, 4) is 5.75 Å². The van der Waals surface area contributed by atoms with Crippen molar-refractivity contribution < 1.29 is 4.74 Å². The first-order valence-electron chi connectivity index (χ1n) is 8.94. The molecule has 1 aromatic heterocycles. The zero-order chi connectivity index (χ0) is 20.6. The Kier molecular flexibility index (Phi) is 8.44. The summed E-state index contributed by atoms with van der Waals surface area (Å²) in [6.07, 6.45) is 0.976. The van der Waals surface area contributed by atoms with Crippen molar-refractivity contribution in [1.82, 2.24) is 25.5 Å². The molecule has 29 heavy (non-hydrogen) atoms. The topological polar surface area (TPSA) is 64.9 Å². The molecular weight excluding hydrogens is 453 g/mol. The lowest BCUT2D eigenvalue weighted by Crippen LogP contribution is -2.16. The predicted molar refractivity (Wildman–Crippen MR) is 118 cm³/mol. The molecule has 0 aliphatic heterocycles. The third-order valence-electron chi connectivity index (χ3n) is 4.08. The van der Waals surface area contributed by atoms with Gasteiger partial charge in [0.2, 0.25) is 5.16 Å². The molecule has 0 fully saturated rings. The number of tetrazole rings is 1. The number of aryl methyl sites for hydroxylation is 1. The first-order valence-corrected chi connectivity index (χ1v) is 11.1. The molecule has 3 rings (SSSR count). The van der Waals surface area contributed by atoms with Gasteiger partial charge in [0, 0.05) is 45.5 Å². The summed E-state index contributed by atoms with van der Waals surface area (Å²) in [4.78, 5) is 0. The van der Waals surface area contributed by atoms with Gasteiger partial charge in [0.25, 0.3) is 0 Å². The Hall–Kier alpha value is -1.51. The molecular formula is C19H20Cl3N5OS. The van der Waals surface area contributed by atoms with Crippen LogP contribution in [0.4, 0.5) is 0 Å². The van der Waals surface area contributed by atoms with Gasteiger partial charge in [-0.1, -0.05) is 52.6 Å². The molecule has 0 saturated heterocycles. The van der Waals surface area contributed by atoms with Gasteiger partial charge in [0.15, 0.2) is 0 Å². The first kappa shape index (κ1) is 22.2. The summed E-state index contributed by atoms with van der Waals surface area (Å²) >= 11 is 20.3. The summed E-state index contributed by atoms with van der Waals surface area (Å²) in [7, 11) is 1.83. The van der Waals surface area contributed by atoms with E-state index in [9.17, 15) is 0 Å². The Balaban J connectivity index is 1.50. The number of hydrogen-bond donors (Lipinski definition) is 1. The van der Waals surface area contributed by atoms with Gasteiger partial charge in [0.05, 0.1) is 0 Å². The quantitative estimate of drug-likeness (QED) is 0.330. The third kappa shape index (κ3) is 6.49. The Bertz CT molecular complexity index is 933. The molecule has 1 heterocycles. The van der Waals surface area contributed by atoms with Crippen LogP contribution in [0.25, 0.3) is 0 Å². The fraction of sp³-hybridized carbons (Fsp3) is 0.316. The van der Waals surface area contributed by atoms with E-state index in [0.717, 1.165) is 40.8 Å². The molecule has 0 aliphatic carbocycles. The highest BCUT2D eigenvalue weighted by molar-refractivity contribution is 7.99. The van der Waals surface area contributed by atoms with E-state index >= 15 is 0 Å². The van der Waals surface area contributed by atoms with Crippen LogP contribution in [0.2, 0.25) is 15.1 Å². The van der Waals surface area contributed by atoms with Gasteiger partial charge in [-0.2, -0.15) is 0 Å². The largest absolute Gasteiger partial charge is 0.488 e. The minimum Gasteiger partial charge on any atom is -0.488 e. The number of rotatable bonds is 10. The number of hydrogen-bond acceptors (Lipinski definition) is 6. The highest BCUT2D eigenvalue weighted by Crippen LogP contribution is 2.28. The number of benzene rings is 2. The van der Waals surface area contributed by atoms with Gasteiger partial charge in [-0.15, -0.1) is 5.10 Å². The van der Waals surface area contributed by atoms with Crippen LogP contribution in [0.3, 0.4) is 0 Å². The summed E-state index contributed by atoms with van der Waals surface area (Å²) in [5.41, 5.74) is 1.74. The second-order valence-corrected chi connectivity index (χ2v) is 8.52. The Morgan fingerprint density at radius 1 is 1.14 bits per heavy atom. The zero-order valence-electron chi connectivity index (χ0n) is 15.7.